The van der Waals surface area contributed by atoms with Crippen molar-refractivity contribution in [1.82, 2.24) is 14.5 Å². The number of fused-ring (bicyclic) bond motifs is 1. The fourth-order valence-electron chi connectivity index (χ4n) is 4.93. The molecule has 10 heteroatoms. The Morgan fingerprint density at radius 1 is 0.930 bits per heavy atom. The van der Waals surface area contributed by atoms with E-state index in [1.807, 2.05) is 37.3 Å². The Labute approximate surface area is 258 Å². The molecule has 0 spiro atoms. The first-order valence-electron chi connectivity index (χ1n) is 13.7. The SMILES string of the molecule is CC(CO[Si](c1ccccc1-c1ccccc1)C(C)(C)C)n1cnc2c(Br)nc(-c3ccc(C(F)(F)F)cc3)cc2c1=O. The van der Waals surface area contributed by atoms with Gasteiger partial charge in [-0.1, -0.05) is 87.5 Å². The van der Waals surface area contributed by atoms with Crippen molar-refractivity contribution in [3.8, 4) is 22.4 Å². The number of hydrogen-bond donors (Lipinski definition) is 0. The van der Waals surface area contributed by atoms with Crippen molar-refractivity contribution >= 4 is 41.1 Å². The Morgan fingerprint density at radius 3 is 2.23 bits per heavy atom. The first-order valence-corrected chi connectivity index (χ1v) is 15.9. The van der Waals surface area contributed by atoms with Crippen molar-refractivity contribution in [3.05, 3.63) is 112 Å². The third-order valence-corrected chi connectivity index (χ3v) is 10.4. The monoisotopic (exact) mass is 664 g/mol. The van der Waals surface area contributed by atoms with Crippen LogP contribution in [0.1, 0.15) is 39.3 Å². The van der Waals surface area contributed by atoms with Gasteiger partial charge in [-0.2, -0.15) is 13.2 Å². The van der Waals surface area contributed by atoms with Crippen LogP contribution in [-0.4, -0.2) is 30.2 Å². The van der Waals surface area contributed by atoms with Gasteiger partial charge in [0, 0.05) is 5.56 Å². The Balaban J connectivity index is 1.45. The average molecular weight is 666 g/mol. The highest BCUT2D eigenvalue weighted by atomic mass is 79.9. The summed E-state index contributed by atoms with van der Waals surface area (Å²) in [6.45, 7) is 8.72. The Morgan fingerprint density at radius 2 is 1.58 bits per heavy atom. The van der Waals surface area contributed by atoms with Crippen LogP contribution in [0.4, 0.5) is 13.2 Å². The summed E-state index contributed by atoms with van der Waals surface area (Å²) in [7, 11) is -1.57. The summed E-state index contributed by atoms with van der Waals surface area (Å²) in [5.41, 5.74) is 2.42. The lowest BCUT2D eigenvalue weighted by Gasteiger charge is -2.31. The Bertz CT molecular complexity index is 1800. The highest BCUT2D eigenvalue weighted by Gasteiger charge is 2.34. The maximum atomic E-state index is 13.7. The smallest absolute Gasteiger partial charge is 0.409 e. The minimum Gasteiger partial charge on any atom is -0.409 e. The summed E-state index contributed by atoms with van der Waals surface area (Å²) in [6, 6.07) is 24.5. The Hall–Kier alpha value is -3.60. The van der Waals surface area contributed by atoms with Crippen molar-refractivity contribution in [1.29, 1.82) is 0 Å². The quantitative estimate of drug-likeness (QED) is 0.130. The number of rotatable bonds is 7. The standard InChI is InChI=1S/C33H30BrF3N3O2Si/c1-21(19-42-43(32(2,3)4)28-13-9-8-12-25(28)22-10-6-5-7-11-22)40-20-38-29-26(31(40)41)18-27(39-30(29)34)23-14-16-24(17-15-23)33(35,36)37/h5-18,20-21H,19H2,1-4H3. The number of hydrogen-bond acceptors (Lipinski definition) is 4. The summed E-state index contributed by atoms with van der Waals surface area (Å²) in [6.07, 6.45) is -2.95. The predicted octanol–water partition coefficient (Wildman–Crippen LogP) is 8.18. The molecule has 1 unspecified atom stereocenters. The van der Waals surface area contributed by atoms with Gasteiger partial charge in [0.2, 0.25) is 0 Å². The van der Waals surface area contributed by atoms with Gasteiger partial charge in [0.25, 0.3) is 14.6 Å². The maximum Gasteiger partial charge on any atom is 0.416 e. The van der Waals surface area contributed by atoms with E-state index in [-0.39, 0.29) is 16.6 Å². The third kappa shape index (κ3) is 6.66. The Kier molecular flexibility index (Phi) is 8.74. The fraction of sp³-hybridized carbons (Fsp3) is 0.242. The van der Waals surface area contributed by atoms with Gasteiger partial charge in [-0.05, 0) is 62.4 Å². The molecule has 221 valence electrons. The molecule has 0 bridgehead atoms. The molecule has 43 heavy (non-hydrogen) atoms. The fourth-order valence-corrected chi connectivity index (χ4v) is 7.96. The van der Waals surface area contributed by atoms with Gasteiger partial charge in [0.05, 0.1) is 35.6 Å². The summed E-state index contributed by atoms with van der Waals surface area (Å²) in [5.74, 6) is 0. The van der Waals surface area contributed by atoms with Crippen molar-refractivity contribution in [2.75, 3.05) is 6.61 Å². The second kappa shape index (κ2) is 12.2. The molecule has 0 N–H and O–H groups in total. The van der Waals surface area contributed by atoms with Crippen LogP contribution in [-0.2, 0) is 10.6 Å². The van der Waals surface area contributed by atoms with Crippen LogP contribution < -0.4 is 10.7 Å². The maximum absolute atomic E-state index is 13.7. The van der Waals surface area contributed by atoms with E-state index in [1.54, 1.807) is 6.07 Å². The molecule has 3 aromatic carbocycles. The van der Waals surface area contributed by atoms with Crippen LogP contribution >= 0.6 is 15.9 Å². The first-order chi connectivity index (χ1) is 20.3. The van der Waals surface area contributed by atoms with Gasteiger partial charge >= 0.3 is 6.18 Å². The zero-order valence-corrected chi connectivity index (χ0v) is 26.7. The van der Waals surface area contributed by atoms with Crippen LogP contribution in [0, 0.1) is 0 Å². The lowest BCUT2D eigenvalue weighted by atomic mass is 10.1. The second-order valence-electron chi connectivity index (χ2n) is 11.4. The minimum atomic E-state index is -4.44. The van der Waals surface area contributed by atoms with E-state index in [1.165, 1.54) is 28.2 Å². The molecule has 0 aliphatic carbocycles. The number of nitrogens with zero attached hydrogens (tertiary/aromatic N) is 3. The van der Waals surface area contributed by atoms with Crippen LogP contribution in [0.25, 0.3) is 33.3 Å². The lowest BCUT2D eigenvalue weighted by Crippen LogP contribution is -2.44. The molecule has 2 aromatic heterocycles. The molecule has 0 saturated carbocycles. The average Bonchev–Trinajstić information content (AvgIpc) is 2.97. The number of pyridine rings is 1. The first kappa shape index (κ1) is 30.8. The van der Waals surface area contributed by atoms with Crippen molar-refractivity contribution in [2.24, 2.45) is 0 Å². The molecule has 1 atom stereocenters. The van der Waals surface area contributed by atoms with E-state index in [0.717, 1.165) is 23.3 Å². The van der Waals surface area contributed by atoms with Gasteiger partial charge in [0.1, 0.15) is 10.1 Å². The van der Waals surface area contributed by atoms with Crippen molar-refractivity contribution < 1.29 is 17.6 Å². The van der Waals surface area contributed by atoms with Crippen LogP contribution in [0.15, 0.2) is 101 Å². The van der Waals surface area contributed by atoms with Crippen LogP contribution in [0.5, 0.6) is 0 Å². The highest BCUT2D eigenvalue weighted by molar-refractivity contribution is 9.10. The number of aromatic nitrogens is 3. The van der Waals surface area contributed by atoms with E-state index in [2.05, 4.69) is 70.9 Å². The molecule has 0 saturated heterocycles. The molecule has 0 amide bonds. The van der Waals surface area contributed by atoms with E-state index >= 15 is 0 Å². The van der Waals surface area contributed by atoms with Crippen molar-refractivity contribution in [3.63, 3.8) is 0 Å². The van der Waals surface area contributed by atoms with Crippen LogP contribution in [0.3, 0.4) is 0 Å². The number of benzene rings is 3. The zero-order valence-electron chi connectivity index (χ0n) is 24.1. The molecule has 0 aliphatic heterocycles. The van der Waals surface area contributed by atoms with Crippen LogP contribution in [0.2, 0.25) is 5.04 Å². The largest absolute Gasteiger partial charge is 0.416 e. The normalized spacial score (nSPS) is 13.0. The summed E-state index contributed by atoms with van der Waals surface area (Å²) >= 11 is 3.39. The predicted molar refractivity (Wildman–Crippen MR) is 170 cm³/mol. The van der Waals surface area contributed by atoms with Gasteiger partial charge in [-0.15, -0.1) is 0 Å². The molecular formula is C33H30BrF3N3O2Si. The molecule has 0 fully saturated rings. The summed E-state index contributed by atoms with van der Waals surface area (Å²) in [4.78, 5) is 22.6. The van der Waals surface area contributed by atoms with E-state index in [0.29, 0.717) is 33.4 Å². The molecule has 5 aromatic rings. The van der Waals surface area contributed by atoms with E-state index in [9.17, 15) is 18.0 Å². The highest BCUT2D eigenvalue weighted by Crippen LogP contribution is 2.33. The topological polar surface area (TPSA) is 57.0 Å². The molecular weight excluding hydrogens is 635 g/mol. The molecule has 5 nitrogen and oxygen atoms in total. The zero-order chi connectivity index (χ0) is 30.9. The number of halogens is 4. The van der Waals surface area contributed by atoms with E-state index in [4.69, 9.17) is 4.43 Å². The molecule has 2 heterocycles. The van der Waals surface area contributed by atoms with Gasteiger partial charge in [-0.25, -0.2) is 9.97 Å². The molecule has 0 aliphatic rings. The summed E-state index contributed by atoms with van der Waals surface area (Å²) in [5, 5.41) is 1.33. The minimum absolute atomic E-state index is 0.144. The van der Waals surface area contributed by atoms with Gasteiger partial charge in [0.15, 0.2) is 0 Å². The summed E-state index contributed by atoms with van der Waals surface area (Å²) < 4.78 is 47.7. The van der Waals surface area contributed by atoms with E-state index < -0.39 is 20.8 Å². The molecule has 5 rings (SSSR count). The van der Waals surface area contributed by atoms with Gasteiger partial charge < -0.3 is 4.43 Å². The van der Waals surface area contributed by atoms with Gasteiger partial charge in [-0.3, -0.25) is 9.36 Å². The third-order valence-electron chi connectivity index (χ3n) is 7.12. The number of alkyl halides is 3. The van der Waals surface area contributed by atoms with Crippen molar-refractivity contribution in [2.45, 2.75) is 45.0 Å². The lowest BCUT2D eigenvalue weighted by molar-refractivity contribution is -0.137. The molecule has 1 radical (unpaired) electrons. The second-order valence-corrected chi connectivity index (χ2v) is 15.1.